The van der Waals surface area contributed by atoms with E-state index >= 15 is 0 Å². The lowest BCUT2D eigenvalue weighted by atomic mass is 10.3. The molecule has 0 aliphatic rings. The zero-order valence-corrected chi connectivity index (χ0v) is 10.3. The van der Waals surface area contributed by atoms with Gasteiger partial charge in [-0.25, -0.2) is 0 Å². The number of aromatic nitrogens is 2. The van der Waals surface area contributed by atoms with E-state index in [1.807, 2.05) is 30.5 Å². The van der Waals surface area contributed by atoms with Crippen molar-refractivity contribution in [2.24, 2.45) is 0 Å². The fourth-order valence-electron chi connectivity index (χ4n) is 1.38. The standard InChI is InChI=1S/C11H10N2OS2/c1-16-9-4-2-3-8(7-9)13-6-5-10(14)12-11(13)15/h2-7H,1H3,(H,12,14,15). The van der Waals surface area contributed by atoms with E-state index in [1.54, 1.807) is 22.5 Å². The third kappa shape index (κ3) is 2.25. The summed E-state index contributed by atoms with van der Waals surface area (Å²) in [4.78, 5) is 14.8. The van der Waals surface area contributed by atoms with E-state index in [0.717, 1.165) is 10.6 Å². The van der Waals surface area contributed by atoms with Crippen LogP contribution in [0.5, 0.6) is 0 Å². The van der Waals surface area contributed by atoms with Crippen LogP contribution in [-0.2, 0) is 0 Å². The Hall–Kier alpha value is -1.33. The van der Waals surface area contributed by atoms with Gasteiger partial charge in [-0.15, -0.1) is 11.8 Å². The van der Waals surface area contributed by atoms with Crippen molar-refractivity contribution in [3.05, 3.63) is 51.7 Å². The topological polar surface area (TPSA) is 37.8 Å². The number of rotatable bonds is 2. The number of nitrogens with one attached hydrogen (secondary N) is 1. The smallest absolute Gasteiger partial charge is 0.251 e. The quantitative estimate of drug-likeness (QED) is 0.657. The molecule has 0 fully saturated rings. The summed E-state index contributed by atoms with van der Waals surface area (Å²) in [5.41, 5.74) is 0.773. The monoisotopic (exact) mass is 250 g/mol. The molecule has 0 amide bonds. The van der Waals surface area contributed by atoms with Crippen LogP contribution in [0.4, 0.5) is 0 Å². The summed E-state index contributed by atoms with van der Waals surface area (Å²) in [6, 6.07) is 9.44. The average molecular weight is 250 g/mol. The Morgan fingerprint density at radius 1 is 1.38 bits per heavy atom. The molecule has 82 valence electrons. The van der Waals surface area contributed by atoms with Gasteiger partial charge in [-0.2, -0.15) is 0 Å². The van der Waals surface area contributed by atoms with Crippen LogP contribution in [0, 0.1) is 4.77 Å². The number of benzene rings is 1. The number of H-pyrrole nitrogens is 1. The summed E-state index contributed by atoms with van der Waals surface area (Å²) < 4.78 is 2.18. The van der Waals surface area contributed by atoms with Crippen molar-refractivity contribution in [1.82, 2.24) is 9.55 Å². The van der Waals surface area contributed by atoms with Gasteiger partial charge in [-0.05, 0) is 36.7 Å². The molecule has 1 aromatic carbocycles. The summed E-state index contributed by atoms with van der Waals surface area (Å²) in [6.45, 7) is 0. The molecule has 0 aliphatic heterocycles. The van der Waals surface area contributed by atoms with Crippen molar-refractivity contribution >= 4 is 24.0 Å². The van der Waals surface area contributed by atoms with Crippen molar-refractivity contribution < 1.29 is 0 Å². The maximum Gasteiger partial charge on any atom is 0.251 e. The van der Waals surface area contributed by atoms with E-state index < -0.39 is 0 Å². The third-order valence-corrected chi connectivity index (χ3v) is 3.18. The first kappa shape index (κ1) is 11.2. The van der Waals surface area contributed by atoms with Gasteiger partial charge < -0.3 is 0 Å². The van der Waals surface area contributed by atoms with Crippen LogP contribution < -0.4 is 5.56 Å². The van der Waals surface area contributed by atoms with E-state index in [0.29, 0.717) is 4.77 Å². The molecule has 1 heterocycles. The Kier molecular flexibility index (Phi) is 3.26. The molecule has 1 aromatic heterocycles. The molecular formula is C11H10N2OS2. The van der Waals surface area contributed by atoms with Crippen LogP contribution in [0.1, 0.15) is 0 Å². The van der Waals surface area contributed by atoms with Crippen LogP contribution in [0.3, 0.4) is 0 Å². The van der Waals surface area contributed by atoms with E-state index in [-0.39, 0.29) is 5.56 Å². The highest BCUT2D eigenvalue weighted by Crippen LogP contribution is 2.18. The first-order valence-corrected chi connectivity index (χ1v) is 6.30. The second-order valence-corrected chi connectivity index (χ2v) is 4.45. The zero-order chi connectivity index (χ0) is 11.5. The second kappa shape index (κ2) is 4.67. The molecule has 16 heavy (non-hydrogen) atoms. The van der Waals surface area contributed by atoms with Crippen LogP contribution in [-0.4, -0.2) is 15.8 Å². The SMILES string of the molecule is CSc1cccc(-n2ccc(=O)[nH]c2=S)c1. The Balaban J connectivity index is 2.58. The molecule has 0 aliphatic carbocycles. The fourth-order valence-corrected chi connectivity index (χ4v) is 2.10. The third-order valence-electron chi connectivity index (χ3n) is 2.16. The average Bonchev–Trinajstić information content (AvgIpc) is 2.29. The van der Waals surface area contributed by atoms with Crippen LogP contribution in [0.15, 0.2) is 46.2 Å². The van der Waals surface area contributed by atoms with Crippen LogP contribution in [0.25, 0.3) is 5.69 Å². The lowest BCUT2D eigenvalue weighted by Gasteiger charge is -2.06. The minimum atomic E-state index is -0.178. The highest BCUT2D eigenvalue weighted by atomic mass is 32.2. The Bertz CT molecular complexity index is 616. The molecule has 0 unspecified atom stereocenters. The Labute approximate surface area is 102 Å². The number of aromatic amines is 1. The minimum absolute atomic E-state index is 0.178. The highest BCUT2D eigenvalue weighted by molar-refractivity contribution is 7.98. The molecule has 0 bridgehead atoms. The van der Waals surface area contributed by atoms with Gasteiger partial charge in [0.05, 0.1) is 0 Å². The number of nitrogens with zero attached hydrogens (tertiary/aromatic N) is 1. The van der Waals surface area contributed by atoms with Crippen molar-refractivity contribution in [1.29, 1.82) is 0 Å². The number of hydrogen-bond acceptors (Lipinski definition) is 3. The largest absolute Gasteiger partial charge is 0.299 e. The summed E-state index contributed by atoms with van der Waals surface area (Å²) in [6.07, 6.45) is 3.70. The zero-order valence-electron chi connectivity index (χ0n) is 8.64. The molecule has 0 saturated heterocycles. The summed E-state index contributed by atoms with van der Waals surface area (Å²) in [7, 11) is 0. The lowest BCUT2D eigenvalue weighted by Crippen LogP contribution is -2.09. The normalized spacial score (nSPS) is 10.3. The predicted molar refractivity (Wildman–Crippen MR) is 69.0 cm³/mol. The first-order valence-electron chi connectivity index (χ1n) is 4.67. The van der Waals surface area contributed by atoms with Crippen molar-refractivity contribution in [3.63, 3.8) is 0 Å². The van der Waals surface area contributed by atoms with Gasteiger partial charge in [0.15, 0.2) is 4.77 Å². The molecule has 0 radical (unpaired) electrons. The molecule has 2 aromatic rings. The highest BCUT2D eigenvalue weighted by Gasteiger charge is 1.98. The summed E-state index contributed by atoms with van der Waals surface area (Å²) in [5.74, 6) is 0. The lowest BCUT2D eigenvalue weighted by molar-refractivity contribution is 0.934. The minimum Gasteiger partial charge on any atom is -0.299 e. The maximum absolute atomic E-state index is 11.1. The Morgan fingerprint density at radius 2 is 2.19 bits per heavy atom. The van der Waals surface area contributed by atoms with Gasteiger partial charge in [-0.1, -0.05) is 6.07 Å². The van der Waals surface area contributed by atoms with Crippen LogP contribution >= 0.6 is 24.0 Å². The van der Waals surface area contributed by atoms with Crippen LogP contribution in [0.2, 0.25) is 0 Å². The fraction of sp³-hybridized carbons (Fsp3) is 0.0909. The van der Waals surface area contributed by atoms with Crippen molar-refractivity contribution in [2.45, 2.75) is 4.90 Å². The first-order chi connectivity index (χ1) is 7.70. The van der Waals surface area contributed by atoms with E-state index in [1.165, 1.54) is 6.07 Å². The molecule has 2 rings (SSSR count). The number of thioether (sulfide) groups is 1. The number of hydrogen-bond donors (Lipinski definition) is 1. The molecule has 3 nitrogen and oxygen atoms in total. The van der Waals surface area contributed by atoms with Crippen molar-refractivity contribution in [2.75, 3.05) is 6.26 Å². The molecular weight excluding hydrogens is 240 g/mol. The molecule has 5 heteroatoms. The maximum atomic E-state index is 11.1. The Morgan fingerprint density at radius 3 is 2.88 bits per heavy atom. The van der Waals surface area contributed by atoms with Crippen molar-refractivity contribution in [3.8, 4) is 5.69 Å². The van der Waals surface area contributed by atoms with E-state index in [9.17, 15) is 4.79 Å². The van der Waals surface area contributed by atoms with Gasteiger partial charge in [0.1, 0.15) is 0 Å². The summed E-state index contributed by atoms with van der Waals surface area (Å²) >= 11 is 6.77. The summed E-state index contributed by atoms with van der Waals surface area (Å²) in [5, 5.41) is 0. The molecule has 0 spiro atoms. The predicted octanol–water partition coefficient (Wildman–Crippen LogP) is 2.62. The van der Waals surface area contributed by atoms with Gasteiger partial charge in [0.25, 0.3) is 5.56 Å². The molecule has 0 atom stereocenters. The molecule has 1 N–H and O–H groups in total. The van der Waals surface area contributed by atoms with Gasteiger partial charge >= 0.3 is 0 Å². The van der Waals surface area contributed by atoms with E-state index in [2.05, 4.69) is 4.98 Å². The van der Waals surface area contributed by atoms with Gasteiger partial charge in [0.2, 0.25) is 0 Å². The van der Waals surface area contributed by atoms with Gasteiger partial charge in [0, 0.05) is 22.8 Å². The van der Waals surface area contributed by atoms with Gasteiger partial charge in [-0.3, -0.25) is 14.3 Å². The van der Waals surface area contributed by atoms with E-state index in [4.69, 9.17) is 12.2 Å². The molecule has 0 saturated carbocycles. The second-order valence-electron chi connectivity index (χ2n) is 3.18.